The lowest BCUT2D eigenvalue weighted by Gasteiger charge is -2.36. The van der Waals surface area contributed by atoms with E-state index in [1.54, 1.807) is 6.07 Å². The van der Waals surface area contributed by atoms with E-state index in [2.05, 4.69) is 41.1 Å². The molecule has 1 amide bonds. The molecule has 0 saturated carbocycles. The number of benzene rings is 2. The molecule has 1 aliphatic rings. The van der Waals surface area contributed by atoms with Crippen LogP contribution in [0.2, 0.25) is 0 Å². The summed E-state index contributed by atoms with van der Waals surface area (Å²) in [6.07, 6.45) is 1.44. The van der Waals surface area contributed by atoms with Gasteiger partial charge in [0.2, 0.25) is 11.5 Å². The van der Waals surface area contributed by atoms with Crippen LogP contribution in [-0.4, -0.2) is 46.5 Å². The van der Waals surface area contributed by atoms with Crippen molar-refractivity contribution < 1.29 is 9.21 Å². The predicted octanol–water partition coefficient (Wildman–Crippen LogP) is 2.80. The smallest absolute Gasteiger partial charge is 0.297 e. The Morgan fingerprint density at radius 3 is 2.67 bits per heavy atom. The number of amides is 1. The van der Waals surface area contributed by atoms with Gasteiger partial charge in [-0.15, -0.1) is 0 Å². The highest BCUT2D eigenvalue weighted by Crippen LogP contribution is 2.24. The Bertz CT molecular complexity index is 1300. The molecule has 0 spiro atoms. The third-order valence-electron chi connectivity index (χ3n) is 5.66. The molecule has 152 valence electrons. The first kappa shape index (κ1) is 18.4. The molecule has 7 nitrogen and oxygen atoms in total. The normalized spacial score (nSPS) is 14.6. The molecule has 0 radical (unpaired) electrons. The summed E-state index contributed by atoms with van der Waals surface area (Å²) in [4.78, 5) is 34.1. The van der Waals surface area contributed by atoms with Crippen molar-refractivity contribution in [3.8, 4) is 0 Å². The van der Waals surface area contributed by atoms with Crippen molar-refractivity contribution in [2.24, 2.45) is 0 Å². The molecular weight excluding hydrogens is 380 g/mol. The van der Waals surface area contributed by atoms with Crippen LogP contribution in [0, 0.1) is 6.92 Å². The fourth-order valence-corrected chi connectivity index (χ4v) is 4.01. The lowest BCUT2D eigenvalue weighted by molar-refractivity contribution is -0.132. The van der Waals surface area contributed by atoms with Gasteiger partial charge in [0, 0.05) is 37.3 Å². The molecule has 0 aliphatic carbocycles. The molecule has 1 saturated heterocycles. The summed E-state index contributed by atoms with van der Waals surface area (Å²) < 4.78 is 7.03. The van der Waals surface area contributed by atoms with E-state index in [1.807, 2.05) is 23.1 Å². The van der Waals surface area contributed by atoms with Crippen LogP contribution in [-0.2, 0) is 11.3 Å². The number of carbonyl (C=O) groups is 1. The fourth-order valence-electron chi connectivity index (χ4n) is 4.01. The molecule has 0 bridgehead atoms. The van der Waals surface area contributed by atoms with E-state index in [-0.39, 0.29) is 23.6 Å². The Morgan fingerprint density at radius 2 is 1.87 bits per heavy atom. The molecule has 2 aromatic heterocycles. The van der Waals surface area contributed by atoms with Gasteiger partial charge in [-0.25, -0.2) is 4.98 Å². The van der Waals surface area contributed by atoms with Crippen molar-refractivity contribution in [1.82, 2.24) is 14.5 Å². The third kappa shape index (κ3) is 3.22. The number of nitrogens with zero attached hydrogens (tertiary/aromatic N) is 4. The number of piperazine rings is 1. The van der Waals surface area contributed by atoms with E-state index in [9.17, 15) is 9.59 Å². The number of hydrogen-bond donors (Lipinski definition) is 0. The van der Waals surface area contributed by atoms with Gasteiger partial charge < -0.3 is 14.2 Å². The van der Waals surface area contributed by atoms with E-state index in [1.165, 1.54) is 22.1 Å². The van der Waals surface area contributed by atoms with E-state index < -0.39 is 0 Å². The van der Waals surface area contributed by atoms with Crippen LogP contribution in [0.25, 0.3) is 22.1 Å². The average Bonchev–Trinajstić information content (AvgIpc) is 3.15. The van der Waals surface area contributed by atoms with Crippen molar-refractivity contribution in [1.29, 1.82) is 0 Å². The van der Waals surface area contributed by atoms with Crippen LogP contribution in [0.1, 0.15) is 5.56 Å². The first-order valence-corrected chi connectivity index (χ1v) is 10.1. The zero-order valence-electron chi connectivity index (χ0n) is 16.7. The Balaban J connectivity index is 1.31. The molecule has 30 heavy (non-hydrogen) atoms. The van der Waals surface area contributed by atoms with Crippen LogP contribution in [0.15, 0.2) is 64.1 Å². The summed E-state index contributed by atoms with van der Waals surface area (Å²) in [7, 11) is 0. The second kappa shape index (κ2) is 7.33. The molecule has 0 N–H and O–H groups in total. The minimum atomic E-state index is -0.331. The summed E-state index contributed by atoms with van der Waals surface area (Å²) in [6, 6.07) is 15.8. The highest BCUT2D eigenvalue weighted by molar-refractivity contribution is 6.01. The maximum atomic E-state index is 12.8. The van der Waals surface area contributed by atoms with Gasteiger partial charge in [0.05, 0.1) is 6.33 Å². The molecule has 4 aromatic rings. The van der Waals surface area contributed by atoms with Gasteiger partial charge in [0.15, 0.2) is 0 Å². The van der Waals surface area contributed by atoms with Crippen molar-refractivity contribution in [3.63, 3.8) is 0 Å². The molecule has 1 fully saturated rings. The Hall–Kier alpha value is -3.61. The zero-order valence-corrected chi connectivity index (χ0v) is 16.7. The van der Waals surface area contributed by atoms with Gasteiger partial charge in [-0.3, -0.25) is 14.2 Å². The Morgan fingerprint density at radius 1 is 1.07 bits per heavy atom. The molecular formula is C23H22N4O3. The van der Waals surface area contributed by atoms with Crippen molar-refractivity contribution in [3.05, 3.63) is 70.8 Å². The number of carbonyl (C=O) groups excluding carboxylic acids is 1. The molecule has 7 heteroatoms. The number of para-hydroxylation sites is 1. The van der Waals surface area contributed by atoms with Crippen LogP contribution < -0.4 is 10.5 Å². The maximum absolute atomic E-state index is 12.8. The number of hydrogen-bond acceptors (Lipinski definition) is 5. The lowest BCUT2D eigenvalue weighted by atomic mass is 10.2. The summed E-state index contributed by atoms with van der Waals surface area (Å²) in [5, 5.41) is 0.801. The van der Waals surface area contributed by atoms with Gasteiger partial charge >= 0.3 is 0 Å². The second-order valence-electron chi connectivity index (χ2n) is 7.66. The highest BCUT2D eigenvalue weighted by Gasteiger charge is 2.22. The number of aromatic nitrogens is 2. The van der Waals surface area contributed by atoms with Gasteiger partial charge in [-0.2, -0.15) is 0 Å². The molecule has 2 aromatic carbocycles. The second-order valence-corrected chi connectivity index (χ2v) is 7.66. The quantitative estimate of drug-likeness (QED) is 0.527. The molecule has 3 heterocycles. The summed E-state index contributed by atoms with van der Waals surface area (Å²) in [5.41, 5.74) is 3.41. The maximum Gasteiger partial charge on any atom is 0.297 e. The lowest BCUT2D eigenvalue weighted by Crippen LogP contribution is -2.50. The average molecular weight is 402 g/mol. The van der Waals surface area contributed by atoms with Crippen LogP contribution >= 0.6 is 0 Å². The Labute approximate surface area is 173 Å². The molecule has 0 unspecified atom stereocenters. The first-order chi connectivity index (χ1) is 14.6. The molecule has 5 rings (SSSR count). The van der Waals surface area contributed by atoms with E-state index in [0.29, 0.717) is 24.2 Å². The van der Waals surface area contributed by atoms with Crippen LogP contribution in [0.3, 0.4) is 0 Å². The summed E-state index contributed by atoms with van der Waals surface area (Å²) >= 11 is 0. The minimum Gasteiger partial charge on any atom is -0.448 e. The number of aryl methyl sites for hydroxylation is 1. The predicted molar refractivity (Wildman–Crippen MR) is 116 cm³/mol. The van der Waals surface area contributed by atoms with E-state index >= 15 is 0 Å². The summed E-state index contributed by atoms with van der Waals surface area (Å²) in [6.45, 7) is 4.83. The zero-order chi connectivity index (χ0) is 20.7. The summed E-state index contributed by atoms with van der Waals surface area (Å²) in [5.74, 6) is -0.0850. The number of fused-ring (bicyclic) bond motifs is 3. The van der Waals surface area contributed by atoms with E-state index in [4.69, 9.17) is 4.42 Å². The monoisotopic (exact) mass is 402 g/mol. The fraction of sp³-hybridized carbons (Fsp3) is 0.261. The van der Waals surface area contributed by atoms with E-state index in [0.717, 1.165) is 18.5 Å². The van der Waals surface area contributed by atoms with Crippen molar-refractivity contribution in [2.45, 2.75) is 13.5 Å². The highest BCUT2D eigenvalue weighted by atomic mass is 16.3. The molecule has 0 atom stereocenters. The standard InChI is InChI=1S/C23H22N4O3/c1-16-5-4-6-17(13-16)25-9-11-26(12-10-25)20(28)14-27-15-24-21-18-7-2-3-8-19(18)30-22(21)23(27)29/h2-8,13,15H,9-12,14H2,1H3. The Kier molecular flexibility index (Phi) is 4.50. The van der Waals surface area contributed by atoms with Gasteiger partial charge in [-0.1, -0.05) is 24.3 Å². The van der Waals surface area contributed by atoms with Crippen molar-refractivity contribution >= 4 is 33.7 Å². The van der Waals surface area contributed by atoms with Crippen LogP contribution in [0.4, 0.5) is 5.69 Å². The topological polar surface area (TPSA) is 71.6 Å². The van der Waals surface area contributed by atoms with Gasteiger partial charge in [-0.05, 0) is 36.8 Å². The van der Waals surface area contributed by atoms with Crippen molar-refractivity contribution in [2.75, 3.05) is 31.1 Å². The van der Waals surface area contributed by atoms with Crippen LogP contribution in [0.5, 0.6) is 0 Å². The number of rotatable bonds is 3. The number of anilines is 1. The SMILES string of the molecule is Cc1cccc(N2CCN(C(=O)Cn3cnc4c(oc5ccccc54)c3=O)CC2)c1. The first-order valence-electron chi connectivity index (χ1n) is 10.1. The van der Waals surface area contributed by atoms with Gasteiger partial charge in [0.25, 0.3) is 5.56 Å². The number of furan rings is 1. The largest absolute Gasteiger partial charge is 0.448 e. The van der Waals surface area contributed by atoms with Gasteiger partial charge in [0.1, 0.15) is 17.6 Å². The third-order valence-corrected chi connectivity index (χ3v) is 5.66. The minimum absolute atomic E-state index is 0.0384. The molecule has 1 aliphatic heterocycles.